The van der Waals surface area contributed by atoms with E-state index >= 15 is 0 Å². The molecule has 0 unspecified atom stereocenters. The molecule has 0 atom stereocenters. The topological polar surface area (TPSA) is 52.6 Å². The van der Waals surface area contributed by atoms with E-state index in [0.717, 1.165) is 0 Å². The maximum absolute atomic E-state index is 11.6. The van der Waals surface area contributed by atoms with Crippen molar-refractivity contribution in [3.05, 3.63) is 0 Å². The Morgan fingerprint density at radius 2 is 1.59 bits per heavy atom. The van der Waals surface area contributed by atoms with Gasteiger partial charge in [-0.2, -0.15) is 0 Å². The highest BCUT2D eigenvalue weighted by atomic mass is 16.5. The zero-order chi connectivity index (χ0) is 13.7. The first kappa shape index (κ1) is 16.1. The lowest BCUT2D eigenvalue weighted by atomic mass is 9.95. The Kier molecular flexibility index (Phi) is 5.82. The summed E-state index contributed by atoms with van der Waals surface area (Å²) in [4.78, 5) is 22.3. The van der Waals surface area contributed by atoms with E-state index in [9.17, 15) is 9.59 Å². The lowest BCUT2D eigenvalue weighted by Gasteiger charge is -2.30. The number of hydrogen-bond donors (Lipinski definition) is 0. The van der Waals surface area contributed by atoms with Crippen LogP contribution in [0.3, 0.4) is 0 Å². The van der Waals surface area contributed by atoms with Crippen LogP contribution in [0, 0.1) is 5.41 Å². The van der Waals surface area contributed by atoms with E-state index in [2.05, 4.69) is 0 Å². The van der Waals surface area contributed by atoms with Gasteiger partial charge in [0.2, 0.25) is 0 Å². The Morgan fingerprint density at radius 3 is 2.00 bits per heavy atom. The normalized spacial score (nSPS) is 12.4. The molecule has 0 bridgehead atoms. The third-order valence-electron chi connectivity index (χ3n) is 2.48. The summed E-state index contributed by atoms with van der Waals surface area (Å²) >= 11 is 0. The molecule has 0 aliphatic carbocycles. The summed E-state index contributed by atoms with van der Waals surface area (Å²) in [7, 11) is 0. The summed E-state index contributed by atoms with van der Waals surface area (Å²) < 4.78 is 10.6. The molecule has 0 amide bonds. The fourth-order valence-corrected chi connectivity index (χ4v) is 1.22. The van der Waals surface area contributed by atoms with Crippen molar-refractivity contribution in [2.24, 2.45) is 5.41 Å². The van der Waals surface area contributed by atoms with Crippen molar-refractivity contribution in [1.82, 2.24) is 0 Å². The minimum absolute atomic E-state index is 0.0702. The standard InChI is InChI=1S/C13H24O4/c1-7-11(15)13(5,6)17-9-12(3,4)8-16-10(2)14/h7-9H2,1-6H3. The molecule has 0 N–H and O–H groups in total. The van der Waals surface area contributed by atoms with Gasteiger partial charge in [-0.25, -0.2) is 0 Å². The van der Waals surface area contributed by atoms with Crippen LogP contribution in [-0.2, 0) is 19.1 Å². The summed E-state index contributed by atoms with van der Waals surface area (Å²) in [5.74, 6) is -0.234. The number of rotatable bonds is 7. The zero-order valence-corrected chi connectivity index (χ0v) is 11.8. The van der Waals surface area contributed by atoms with Crippen LogP contribution >= 0.6 is 0 Å². The van der Waals surface area contributed by atoms with Gasteiger partial charge in [-0.15, -0.1) is 0 Å². The van der Waals surface area contributed by atoms with Crippen LogP contribution in [0.5, 0.6) is 0 Å². The lowest BCUT2D eigenvalue weighted by Crippen LogP contribution is -2.39. The molecule has 0 spiro atoms. The van der Waals surface area contributed by atoms with Crippen LogP contribution in [0.15, 0.2) is 0 Å². The van der Waals surface area contributed by atoms with Gasteiger partial charge in [-0.1, -0.05) is 20.8 Å². The molecular weight excluding hydrogens is 220 g/mol. The van der Waals surface area contributed by atoms with Gasteiger partial charge < -0.3 is 9.47 Å². The number of carbonyl (C=O) groups is 2. The maximum atomic E-state index is 11.6. The fourth-order valence-electron chi connectivity index (χ4n) is 1.22. The zero-order valence-electron chi connectivity index (χ0n) is 11.8. The lowest BCUT2D eigenvalue weighted by molar-refractivity contribution is -0.152. The molecule has 0 fully saturated rings. The molecule has 4 nitrogen and oxygen atoms in total. The number of Topliss-reactive ketones (excluding diaryl/α,β-unsaturated/α-hetero) is 1. The number of carbonyl (C=O) groups excluding carboxylic acids is 2. The highest BCUT2D eigenvalue weighted by Crippen LogP contribution is 2.21. The first-order valence-corrected chi connectivity index (χ1v) is 5.91. The van der Waals surface area contributed by atoms with Crippen LogP contribution in [0.1, 0.15) is 48.0 Å². The maximum Gasteiger partial charge on any atom is 0.302 e. The van der Waals surface area contributed by atoms with Crippen molar-refractivity contribution < 1.29 is 19.1 Å². The second-order valence-electron chi connectivity index (χ2n) is 5.52. The second-order valence-corrected chi connectivity index (χ2v) is 5.52. The first-order chi connectivity index (χ1) is 7.60. The minimum atomic E-state index is -0.776. The monoisotopic (exact) mass is 244 g/mol. The summed E-state index contributed by atoms with van der Waals surface area (Å²) in [6.45, 7) is 11.3. The van der Waals surface area contributed by atoms with Gasteiger partial charge in [0.25, 0.3) is 0 Å². The predicted octanol–water partition coefficient (Wildman–Crippen LogP) is 2.35. The average molecular weight is 244 g/mol. The molecule has 0 heterocycles. The number of hydrogen-bond acceptors (Lipinski definition) is 4. The van der Waals surface area contributed by atoms with Gasteiger partial charge in [-0.3, -0.25) is 9.59 Å². The SMILES string of the molecule is CCC(=O)C(C)(C)OCC(C)(C)COC(C)=O. The Balaban J connectivity index is 4.25. The minimum Gasteiger partial charge on any atom is -0.465 e. The van der Waals surface area contributed by atoms with E-state index in [1.165, 1.54) is 6.92 Å². The molecule has 0 aromatic carbocycles. The first-order valence-electron chi connectivity index (χ1n) is 5.91. The van der Waals surface area contributed by atoms with Gasteiger partial charge >= 0.3 is 5.97 Å². The third-order valence-corrected chi connectivity index (χ3v) is 2.48. The molecule has 17 heavy (non-hydrogen) atoms. The van der Waals surface area contributed by atoms with E-state index in [-0.39, 0.29) is 17.2 Å². The number of esters is 1. The summed E-state index contributed by atoms with van der Waals surface area (Å²) in [5, 5.41) is 0. The van der Waals surface area contributed by atoms with Gasteiger partial charge in [0.15, 0.2) is 5.78 Å². The Bertz CT molecular complexity index is 279. The molecule has 0 saturated heterocycles. The largest absolute Gasteiger partial charge is 0.465 e. The molecule has 100 valence electrons. The quantitative estimate of drug-likeness (QED) is 0.645. The second kappa shape index (κ2) is 6.15. The number of ketones is 1. The summed E-state index contributed by atoms with van der Waals surface area (Å²) in [6, 6.07) is 0. The van der Waals surface area contributed by atoms with Gasteiger partial charge in [0.05, 0.1) is 13.2 Å². The Hall–Kier alpha value is -0.900. The van der Waals surface area contributed by atoms with E-state index in [1.54, 1.807) is 13.8 Å². The Labute approximate surface area is 104 Å². The Morgan fingerprint density at radius 1 is 1.06 bits per heavy atom. The van der Waals surface area contributed by atoms with Crippen molar-refractivity contribution in [3.63, 3.8) is 0 Å². The van der Waals surface area contributed by atoms with Gasteiger partial charge in [0, 0.05) is 18.8 Å². The molecule has 0 aliphatic heterocycles. The van der Waals surface area contributed by atoms with E-state index in [0.29, 0.717) is 19.6 Å². The van der Waals surface area contributed by atoms with Crippen molar-refractivity contribution in [2.45, 2.75) is 53.6 Å². The summed E-state index contributed by atoms with van der Waals surface area (Å²) in [6.07, 6.45) is 0.456. The molecule has 0 aromatic heterocycles. The molecule has 0 rings (SSSR count). The molecule has 0 radical (unpaired) electrons. The predicted molar refractivity (Wildman–Crippen MR) is 65.7 cm³/mol. The van der Waals surface area contributed by atoms with E-state index in [1.807, 2.05) is 20.8 Å². The van der Waals surface area contributed by atoms with Crippen LogP contribution < -0.4 is 0 Å². The van der Waals surface area contributed by atoms with E-state index < -0.39 is 5.60 Å². The van der Waals surface area contributed by atoms with Gasteiger partial charge in [0.1, 0.15) is 5.60 Å². The van der Waals surface area contributed by atoms with E-state index in [4.69, 9.17) is 9.47 Å². The van der Waals surface area contributed by atoms with Crippen LogP contribution in [0.4, 0.5) is 0 Å². The molecular formula is C13H24O4. The van der Waals surface area contributed by atoms with Crippen molar-refractivity contribution >= 4 is 11.8 Å². The van der Waals surface area contributed by atoms with Crippen molar-refractivity contribution in [1.29, 1.82) is 0 Å². The third kappa shape index (κ3) is 6.41. The average Bonchev–Trinajstić information content (AvgIpc) is 2.23. The highest BCUT2D eigenvalue weighted by Gasteiger charge is 2.30. The molecule has 0 saturated carbocycles. The van der Waals surface area contributed by atoms with Crippen molar-refractivity contribution in [3.8, 4) is 0 Å². The molecule has 4 heteroatoms. The smallest absolute Gasteiger partial charge is 0.302 e. The van der Waals surface area contributed by atoms with Gasteiger partial charge in [-0.05, 0) is 13.8 Å². The molecule has 0 aliphatic rings. The molecule has 0 aromatic rings. The van der Waals surface area contributed by atoms with Crippen LogP contribution in [0.2, 0.25) is 0 Å². The number of ether oxygens (including phenoxy) is 2. The highest BCUT2D eigenvalue weighted by molar-refractivity contribution is 5.86. The van der Waals surface area contributed by atoms with Crippen LogP contribution in [-0.4, -0.2) is 30.6 Å². The fraction of sp³-hybridized carbons (Fsp3) is 0.846. The summed E-state index contributed by atoms with van der Waals surface area (Å²) in [5.41, 5.74) is -1.07. The van der Waals surface area contributed by atoms with Crippen LogP contribution in [0.25, 0.3) is 0 Å². The van der Waals surface area contributed by atoms with Crippen molar-refractivity contribution in [2.75, 3.05) is 13.2 Å².